The van der Waals surface area contributed by atoms with Gasteiger partial charge in [0.2, 0.25) is 5.91 Å². The van der Waals surface area contributed by atoms with E-state index in [2.05, 4.69) is 16.7 Å². The summed E-state index contributed by atoms with van der Waals surface area (Å²) in [7, 11) is 0. The van der Waals surface area contributed by atoms with Gasteiger partial charge in [-0.2, -0.15) is 5.26 Å². The SMILES string of the molecule is Cc1ccc(C(=O)Nc2cccc(SCC(=O)Nc3sc4c(c3C#N)CCN(C(=O)OC(C)(C)C)C4)c2)cc1. The lowest BCUT2D eigenvalue weighted by Gasteiger charge is -2.29. The average Bonchev–Trinajstić information content (AvgIpc) is 3.23. The molecule has 0 aliphatic carbocycles. The molecule has 1 aliphatic rings. The first-order valence-electron chi connectivity index (χ1n) is 12.5. The average molecular weight is 563 g/mol. The number of amides is 3. The van der Waals surface area contributed by atoms with Crippen LogP contribution < -0.4 is 10.6 Å². The number of ether oxygens (including phenoxy) is 1. The first kappa shape index (κ1) is 28.2. The summed E-state index contributed by atoms with van der Waals surface area (Å²) < 4.78 is 5.48. The fraction of sp³-hybridized carbons (Fsp3) is 0.310. The minimum absolute atomic E-state index is 0.132. The van der Waals surface area contributed by atoms with E-state index in [0.717, 1.165) is 20.9 Å². The minimum atomic E-state index is -0.590. The van der Waals surface area contributed by atoms with Gasteiger partial charge in [0, 0.05) is 27.6 Å². The van der Waals surface area contributed by atoms with Crippen LogP contribution in [0.25, 0.3) is 0 Å². The van der Waals surface area contributed by atoms with Gasteiger partial charge in [-0.1, -0.05) is 23.8 Å². The predicted octanol–water partition coefficient (Wildman–Crippen LogP) is 6.20. The van der Waals surface area contributed by atoms with Crippen molar-refractivity contribution >= 4 is 51.7 Å². The molecular formula is C29H30N4O4S2. The lowest BCUT2D eigenvalue weighted by molar-refractivity contribution is -0.113. The monoisotopic (exact) mass is 562 g/mol. The van der Waals surface area contributed by atoms with Crippen molar-refractivity contribution in [3.05, 3.63) is 75.7 Å². The van der Waals surface area contributed by atoms with Crippen molar-refractivity contribution in [2.75, 3.05) is 22.9 Å². The molecule has 1 aromatic heterocycles. The number of hydrogen-bond donors (Lipinski definition) is 2. The summed E-state index contributed by atoms with van der Waals surface area (Å²) in [5, 5.41) is 16.0. The van der Waals surface area contributed by atoms with Gasteiger partial charge in [0.1, 0.15) is 16.7 Å². The van der Waals surface area contributed by atoms with Crippen LogP contribution in [0.3, 0.4) is 0 Å². The van der Waals surface area contributed by atoms with E-state index in [0.29, 0.717) is 41.3 Å². The second kappa shape index (κ2) is 11.9. The molecule has 0 spiro atoms. The second-order valence-electron chi connectivity index (χ2n) is 10.2. The summed E-state index contributed by atoms with van der Waals surface area (Å²) in [5.74, 6) is -0.314. The van der Waals surface area contributed by atoms with E-state index >= 15 is 0 Å². The molecule has 0 radical (unpaired) electrons. The van der Waals surface area contributed by atoms with E-state index in [9.17, 15) is 19.6 Å². The fourth-order valence-electron chi connectivity index (χ4n) is 3.98. The van der Waals surface area contributed by atoms with E-state index in [-0.39, 0.29) is 23.7 Å². The van der Waals surface area contributed by atoms with Crippen molar-refractivity contribution in [2.45, 2.75) is 51.2 Å². The molecule has 10 heteroatoms. The van der Waals surface area contributed by atoms with Crippen molar-refractivity contribution in [3.63, 3.8) is 0 Å². The number of carbonyl (C=O) groups excluding carboxylic acids is 3. The summed E-state index contributed by atoms with van der Waals surface area (Å²) in [5.41, 5.74) is 3.03. The molecule has 0 saturated heterocycles. The first-order valence-corrected chi connectivity index (χ1v) is 14.3. The van der Waals surface area contributed by atoms with E-state index in [1.165, 1.54) is 23.1 Å². The molecule has 2 N–H and O–H groups in total. The molecule has 2 aromatic carbocycles. The Morgan fingerprint density at radius 1 is 1.13 bits per heavy atom. The predicted molar refractivity (Wildman–Crippen MR) is 154 cm³/mol. The topological polar surface area (TPSA) is 112 Å². The number of anilines is 2. The third-order valence-electron chi connectivity index (χ3n) is 5.85. The van der Waals surface area contributed by atoms with Crippen molar-refractivity contribution in [3.8, 4) is 6.07 Å². The highest BCUT2D eigenvalue weighted by molar-refractivity contribution is 8.00. The molecule has 4 rings (SSSR count). The fourth-order valence-corrected chi connectivity index (χ4v) is 5.96. The molecule has 0 fully saturated rings. The smallest absolute Gasteiger partial charge is 0.410 e. The van der Waals surface area contributed by atoms with Crippen molar-refractivity contribution in [1.82, 2.24) is 4.90 Å². The Bertz CT molecular complexity index is 1430. The Kier molecular flexibility index (Phi) is 8.63. The molecule has 3 aromatic rings. The van der Waals surface area contributed by atoms with Gasteiger partial charge in [0.25, 0.3) is 5.91 Å². The third kappa shape index (κ3) is 7.40. The van der Waals surface area contributed by atoms with Gasteiger partial charge >= 0.3 is 6.09 Å². The van der Waals surface area contributed by atoms with Crippen LogP contribution in [0, 0.1) is 18.3 Å². The number of thiophene rings is 1. The number of thioether (sulfide) groups is 1. The summed E-state index contributed by atoms with van der Waals surface area (Å²) in [6, 6.07) is 16.9. The number of rotatable bonds is 6. The zero-order valence-corrected chi connectivity index (χ0v) is 23.9. The molecular weight excluding hydrogens is 532 g/mol. The first-order chi connectivity index (χ1) is 18.5. The molecule has 3 amide bonds. The number of nitriles is 1. The zero-order chi connectivity index (χ0) is 28.2. The highest BCUT2D eigenvalue weighted by atomic mass is 32.2. The molecule has 8 nitrogen and oxygen atoms in total. The van der Waals surface area contributed by atoms with E-state index < -0.39 is 5.60 Å². The Hall–Kier alpha value is -3.81. The van der Waals surface area contributed by atoms with Crippen LogP contribution in [0.5, 0.6) is 0 Å². The maximum Gasteiger partial charge on any atom is 0.410 e. The van der Waals surface area contributed by atoms with Crippen LogP contribution in [0.15, 0.2) is 53.4 Å². The largest absolute Gasteiger partial charge is 0.444 e. The molecule has 1 aliphatic heterocycles. The standard InChI is InChI=1S/C29H30N4O4S2/c1-18-8-10-19(11-9-18)26(35)31-20-6-5-7-21(14-20)38-17-25(34)32-27-23(15-30)22-12-13-33(16-24(22)39-27)28(36)37-29(2,3)4/h5-11,14H,12-13,16-17H2,1-4H3,(H,31,35)(H,32,34). The highest BCUT2D eigenvalue weighted by Gasteiger charge is 2.30. The van der Waals surface area contributed by atoms with Gasteiger partial charge in [0.15, 0.2) is 0 Å². The Balaban J connectivity index is 1.35. The molecule has 0 bridgehead atoms. The van der Waals surface area contributed by atoms with E-state index in [4.69, 9.17) is 4.74 Å². The van der Waals surface area contributed by atoms with E-state index in [1.54, 1.807) is 23.1 Å². The maximum atomic E-state index is 12.8. The Labute approximate surface area is 236 Å². The lowest BCUT2D eigenvalue weighted by atomic mass is 10.0. The molecule has 39 heavy (non-hydrogen) atoms. The van der Waals surface area contributed by atoms with Crippen LogP contribution in [0.1, 0.15) is 52.7 Å². The summed E-state index contributed by atoms with van der Waals surface area (Å²) in [4.78, 5) is 41.1. The number of aryl methyl sites for hydroxylation is 1. The van der Waals surface area contributed by atoms with Crippen molar-refractivity contribution in [1.29, 1.82) is 5.26 Å². The van der Waals surface area contributed by atoms with E-state index in [1.807, 2.05) is 58.0 Å². The normalized spacial score (nSPS) is 12.7. The molecule has 202 valence electrons. The molecule has 0 saturated carbocycles. The molecule has 0 atom stereocenters. The number of carbonyl (C=O) groups is 3. The number of benzene rings is 2. The lowest BCUT2D eigenvalue weighted by Crippen LogP contribution is -2.39. The van der Waals surface area contributed by atoms with Crippen molar-refractivity contribution in [2.24, 2.45) is 0 Å². The van der Waals surface area contributed by atoms with Gasteiger partial charge in [-0.25, -0.2) is 4.79 Å². The quantitative estimate of drug-likeness (QED) is 0.346. The van der Waals surface area contributed by atoms with Crippen LogP contribution in [0.2, 0.25) is 0 Å². The third-order valence-corrected chi connectivity index (χ3v) is 7.97. The molecule has 0 unspecified atom stereocenters. The Morgan fingerprint density at radius 2 is 1.87 bits per heavy atom. The second-order valence-corrected chi connectivity index (χ2v) is 12.3. The maximum absolute atomic E-state index is 12.8. The minimum Gasteiger partial charge on any atom is -0.444 e. The van der Waals surface area contributed by atoms with Crippen molar-refractivity contribution < 1.29 is 19.1 Å². The number of fused-ring (bicyclic) bond motifs is 1. The van der Waals surface area contributed by atoms with Gasteiger partial charge in [-0.05, 0) is 70.0 Å². The molecule has 2 heterocycles. The van der Waals surface area contributed by atoms with Gasteiger partial charge in [0.05, 0.1) is 17.9 Å². The summed E-state index contributed by atoms with van der Waals surface area (Å²) >= 11 is 2.66. The van der Waals surface area contributed by atoms with Crippen LogP contribution in [-0.2, 0) is 22.5 Å². The number of nitrogens with zero attached hydrogens (tertiary/aromatic N) is 2. The van der Waals surface area contributed by atoms with Crippen LogP contribution >= 0.6 is 23.1 Å². The Morgan fingerprint density at radius 3 is 2.56 bits per heavy atom. The highest BCUT2D eigenvalue weighted by Crippen LogP contribution is 2.37. The van der Waals surface area contributed by atoms with Gasteiger partial charge < -0.3 is 20.3 Å². The number of hydrogen-bond acceptors (Lipinski definition) is 7. The van der Waals surface area contributed by atoms with Crippen LogP contribution in [-0.4, -0.2) is 40.7 Å². The van der Waals surface area contributed by atoms with Gasteiger partial charge in [-0.3, -0.25) is 9.59 Å². The summed E-state index contributed by atoms with van der Waals surface area (Å²) in [6.07, 6.45) is 0.138. The van der Waals surface area contributed by atoms with Gasteiger partial charge in [-0.15, -0.1) is 23.1 Å². The van der Waals surface area contributed by atoms with Crippen LogP contribution in [0.4, 0.5) is 15.5 Å². The summed E-state index contributed by atoms with van der Waals surface area (Å²) in [6.45, 7) is 8.23. The zero-order valence-electron chi connectivity index (χ0n) is 22.3. The number of nitrogens with one attached hydrogen (secondary N) is 2.